The summed E-state index contributed by atoms with van der Waals surface area (Å²) in [6, 6.07) is 26.2. The number of nitrogens with zero attached hydrogens (tertiary/aromatic N) is 2. The lowest BCUT2D eigenvalue weighted by molar-refractivity contribution is -0.138. The molecule has 0 aliphatic carbocycles. The van der Waals surface area contributed by atoms with E-state index in [4.69, 9.17) is 13.9 Å². The van der Waals surface area contributed by atoms with E-state index in [-0.39, 0.29) is 41.5 Å². The molecular formula is C35H34N2O7S. The molecular weight excluding hydrogens is 592 g/mol. The lowest BCUT2D eigenvalue weighted by Crippen LogP contribution is -2.30. The molecule has 4 aromatic rings. The van der Waals surface area contributed by atoms with Gasteiger partial charge in [-0.15, -0.1) is 0 Å². The summed E-state index contributed by atoms with van der Waals surface area (Å²) in [6.45, 7) is 5.47. The molecule has 0 fully saturated rings. The van der Waals surface area contributed by atoms with Gasteiger partial charge in [-0.2, -0.15) is 4.31 Å². The fourth-order valence-corrected chi connectivity index (χ4v) is 6.46. The van der Waals surface area contributed by atoms with Crippen LogP contribution in [-0.4, -0.2) is 38.3 Å². The van der Waals surface area contributed by atoms with Crippen LogP contribution in [0.25, 0.3) is 6.08 Å². The first kappa shape index (κ1) is 31.5. The quantitative estimate of drug-likeness (QED) is 0.143. The zero-order valence-corrected chi connectivity index (χ0v) is 26.3. The Morgan fingerprint density at radius 1 is 0.911 bits per heavy atom. The number of anilines is 1. The first-order chi connectivity index (χ1) is 21.6. The van der Waals surface area contributed by atoms with Gasteiger partial charge in [-0.25, -0.2) is 13.2 Å². The third-order valence-electron chi connectivity index (χ3n) is 7.37. The molecule has 0 atom stereocenters. The molecule has 0 spiro atoms. The van der Waals surface area contributed by atoms with Crippen molar-refractivity contribution in [3.63, 3.8) is 0 Å². The Kier molecular flexibility index (Phi) is 9.36. The van der Waals surface area contributed by atoms with Crippen molar-refractivity contribution in [2.75, 3.05) is 18.6 Å². The van der Waals surface area contributed by atoms with Crippen molar-refractivity contribution in [1.82, 2.24) is 4.31 Å². The number of furan rings is 1. The number of amides is 1. The summed E-state index contributed by atoms with van der Waals surface area (Å²) in [4.78, 5) is 28.4. The Bertz CT molecular complexity index is 1860. The number of benzene rings is 3. The van der Waals surface area contributed by atoms with Gasteiger partial charge in [0.2, 0.25) is 10.0 Å². The SMILES string of the molecule is CCOC(=O)C1=C(C)N(c2ccc(OC)cc2)C(=O)/C1=C/c1ccc(CN(Cc2ccccc2)S(=O)(=O)c2ccc(C)cc2)o1. The van der Waals surface area contributed by atoms with Gasteiger partial charge in [-0.3, -0.25) is 9.69 Å². The summed E-state index contributed by atoms with van der Waals surface area (Å²) in [7, 11) is -2.34. The number of esters is 1. The minimum atomic E-state index is -3.89. The third kappa shape index (κ3) is 6.77. The molecule has 0 saturated heterocycles. The predicted octanol–water partition coefficient (Wildman–Crippen LogP) is 6.26. The number of rotatable bonds is 11. The minimum Gasteiger partial charge on any atom is -0.497 e. The summed E-state index contributed by atoms with van der Waals surface area (Å²) in [5.41, 5.74) is 2.98. The Labute approximate surface area is 263 Å². The normalized spacial score (nSPS) is 14.5. The summed E-state index contributed by atoms with van der Waals surface area (Å²) in [5, 5.41) is 0. The monoisotopic (exact) mass is 626 g/mol. The number of hydrogen-bond donors (Lipinski definition) is 0. The van der Waals surface area contributed by atoms with Crippen molar-refractivity contribution in [2.24, 2.45) is 0 Å². The lowest BCUT2D eigenvalue weighted by Gasteiger charge is -2.21. The van der Waals surface area contributed by atoms with Gasteiger partial charge in [-0.05, 0) is 80.9 Å². The molecule has 2 heterocycles. The molecule has 0 radical (unpaired) electrons. The van der Waals surface area contributed by atoms with E-state index < -0.39 is 21.9 Å². The fraction of sp³-hybridized carbons (Fsp3) is 0.200. The Hall–Kier alpha value is -4.93. The van der Waals surface area contributed by atoms with Crippen LogP contribution in [0.5, 0.6) is 5.75 Å². The van der Waals surface area contributed by atoms with E-state index >= 15 is 0 Å². The molecule has 1 aromatic heterocycles. The molecule has 0 unspecified atom stereocenters. The minimum absolute atomic E-state index is 0.0558. The second kappa shape index (κ2) is 13.4. The standard InChI is InChI=1S/C35H34N2O7S/c1-5-43-35(39)33-25(3)37(27-13-15-28(42-4)16-14-27)34(38)32(33)21-29-17-18-30(44-29)23-36(22-26-9-7-6-8-10-26)45(40,41)31-19-11-24(2)12-20-31/h6-21H,5,22-23H2,1-4H3/b32-21+. The van der Waals surface area contributed by atoms with Gasteiger partial charge >= 0.3 is 5.97 Å². The van der Waals surface area contributed by atoms with E-state index in [1.54, 1.807) is 81.6 Å². The van der Waals surface area contributed by atoms with Gasteiger partial charge in [0.15, 0.2) is 0 Å². The van der Waals surface area contributed by atoms with Crippen LogP contribution in [0.3, 0.4) is 0 Å². The highest BCUT2D eigenvalue weighted by Crippen LogP contribution is 2.36. The summed E-state index contributed by atoms with van der Waals surface area (Å²) in [5.74, 6) is 0.223. The molecule has 1 amide bonds. The highest BCUT2D eigenvalue weighted by atomic mass is 32.2. The van der Waals surface area contributed by atoms with Gasteiger partial charge in [0.25, 0.3) is 5.91 Å². The summed E-state index contributed by atoms with van der Waals surface area (Å²) in [6.07, 6.45) is 1.49. The van der Waals surface area contributed by atoms with Crippen LogP contribution in [0.15, 0.2) is 117 Å². The van der Waals surface area contributed by atoms with Crippen LogP contribution in [0, 0.1) is 6.92 Å². The lowest BCUT2D eigenvalue weighted by atomic mass is 10.1. The van der Waals surface area contributed by atoms with Crippen LogP contribution < -0.4 is 9.64 Å². The van der Waals surface area contributed by atoms with Gasteiger partial charge in [0, 0.05) is 17.9 Å². The maximum Gasteiger partial charge on any atom is 0.340 e. The molecule has 9 nitrogen and oxygen atoms in total. The van der Waals surface area contributed by atoms with Gasteiger partial charge in [-0.1, -0.05) is 48.0 Å². The first-order valence-corrected chi connectivity index (χ1v) is 15.8. The number of carbonyl (C=O) groups is 2. The second-order valence-corrected chi connectivity index (χ2v) is 12.4. The Balaban J connectivity index is 1.48. The van der Waals surface area contributed by atoms with Gasteiger partial charge in [0.1, 0.15) is 17.3 Å². The molecule has 45 heavy (non-hydrogen) atoms. The molecule has 232 valence electrons. The molecule has 3 aromatic carbocycles. The molecule has 1 aliphatic heterocycles. The summed E-state index contributed by atoms with van der Waals surface area (Å²) < 4.78 is 45.5. The van der Waals surface area contributed by atoms with E-state index in [1.165, 1.54) is 15.3 Å². The molecule has 0 saturated carbocycles. The van der Waals surface area contributed by atoms with Crippen molar-refractivity contribution < 1.29 is 31.9 Å². The van der Waals surface area contributed by atoms with Crippen LogP contribution >= 0.6 is 0 Å². The van der Waals surface area contributed by atoms with Crippen molar-refractivity contribution in [3.8, 4) is 5.75 Å². The van der Waals surface area contributed by atoms with Crippen molar-refractivity contribution >= 4 is 33.7 Å². The van der Waals surface area contributed by atoms with E-state index in [0.717, 1.165) is 11.1 Å². The van der Waals surface area contributed by atoms with Gasteiger partial charge in [0.05, 0.1) is 36.3 Å². The summed E-state index contributed by atoms with van der Waals surface area (Å²) >= 11 is 0. The first-order valence-electron chi connectivity index (χ1n) is 14.4. The maximum atomic E-state index is 13.8. The average Bonchev–Trinajstić information content (AvgIpc) is 3.58. The number of aryl methyl sites for hydroxylation is 1. The van der Waals surface area contributed by atoms with Crippen LogP contribution in [-0.2, 0) is 37.4 Å². The number of ether oxygens (including phenoxy) is 2. The number of allylic oxidation sites excluding steroid dienone is 1. The number of methoxy groups -OCH3 is 1. The smallest absolute Gasteiger partial charge is 0.340 e. The molecule has 0 bridgehead atoms. The molecule has 1 aliphatic rings. The highest BCUT2D eigenvalue weighted by Gasteiger charge is 2.38. The Morgan fingerprint density at radius 2 is 1.60 bits per heavy atom. The van der Waals surface area contributed by atoms with E-state index in [9.17, 15) is 18.0 Å². The van der Waals surface area contributed by atoms with Crippen LogP contribution in [0.2, 0.25) is 0 Å². The molecule has 5 rings (SSSR count). The van der Waals surface area contributed by atoms with Crippen LogP contribution in [0.4, 0.5) is 5.69 Å². The Morgan fingerprint density at radius 3 is 2.24 bits per heavy atom. The molecule has 10 heteroatoms. The van der Waals surface area contributed by atoms with Crippen molar-refractivity contribution in [2.45, 2.75) is 38.8 Å². The average molecular weight is 627 g/mol. The fourth-order valence-electron chi connectivity index (χ4n) is 5.07. The van der Waals surface area contributed by atoms with E-state index in [0.29, 0.717) is 22.9 Å². The largest absolute Gasteiger partial charge is 0.497 e. The third-order valence-corrected chi connectivity index (χ3v) is 9.18. The topological polar surface area (TPSA) is 106 Å². The van der Waals surface area contributed by atoms with E-state index in [2.05, 4.69) is 0 Å². The molecule has 0 N–H and O–H groups in total. The second-order valence-electron chi connectivity index (χ2n) is 10.5. The predicted molar refractivity (Wildman–Crippen MR) is 171 cm³/mol. The van der Waals surface area contributed by atoms with Gasteiger partial charge < -0.3 is 13.9 Å². The number of carbonyl (C=O) groups excluding carboxylic acids is 2. The van der Waals surface area contributed by atoms with Crippen LogP contribution in [0.1, 0.15) is 36.5 Å². The maximum absolute atomic E-state index is 13.8. The highest BCUT2D eigenvalue weighted by molar-refractivity contribution is 7.89. The zero-order chi connectivity index (χ0) is 32.1. The van der Waals surface area contributed by atoms with Crippen molar-refractivity contribution in [1.29, 1.82) is 0 Å². The zero-order valence-electron chi connectivity index (χ0n) is 25.5. The van der Waals surface area contributed by atoms with E-state index in [1.807, 2.05) is 37.3 Å². The number of sulfonamides is 1. The van der Waals surface area contributed by atoms with Crippen molar-refractivity contribution in [3.05, 3.63) is 130 Å². The number of hydrogen-bond acceptors (Lipinski definition) is 7.